The standard InChI is InChI=1S/C17H22N4O3S.ClH/c1-25(23,24)16-8-3-2-7-15(16)21-11-13(10-19-21)20-17(22)14-6-4-5-12(14)9-18;/h2-3,7-8,10-12,14H,4-6,9,18H2,1H3,(H,20,22);1H/t12-,14-;/m1./s1. The summed E-state index contributed by atoms with van der Waals surface area (Å²) in [4.78, 5) is 12.6. The maximum atomic E-state index is 12.5. The van der Waals surface area contributed by atoms with Crippen molar-refractivity contribution in [3.05, 3.63) is 36.7 Å². The second-order valence-corrected chi connectivity index (χ2v) is 8.42. The number of benzene rings is 1. The fourth-order valence-corrected chi connectivity index (χ4v) is 4.25. The van der Waals surface area contributed by atoms with Crippen molar-refractivity contribution in [1.29, 1.82) is 0 Å². The predicted molar refractivity (Wildman–Crippen MR) is 102 cm³/mol. The molecule has 1 aliphatic rings. The van der Waals surface area contributed by atoms with Crippen molar-refractivity contribution in [2.24, 2.45) is 17.6 Å². The molecule has 142 valence electrons. The number of carbonyl (C=O) groups is 1. The summed E-state index contributed by atoms with van der Waals surface area (Å²) >= 11 is 0. The monoisotopic (exact) mass is 398 g/mol. The van der Waals surface area contributed by atoms with Gasteiger partial charge < -0.3 is 11.1 Å². The molecule has 1 heterocycles. The minimum absolute atomic E-state index is 0. The molecule has 0 radical (unpaired) electrons. The molecule has 0 aliphatic heterocycles. The molecule has 2 aromatic rings. The van der Waals surface area contributed by atoms with E-state index in [0.29, 0.717) is 17.9 Å². The average Bonchev–Trinajstić information content (AvgIpc) is 3.22. The first-order valence-corrected chi connectivity index (χ1v) is 10.1. The third-order valence-electron chi connectivity index (χ3n) is 4.66. The predicted octanol–water partition coefficient (Wildman–Crippen LogP) is 2.01. The number of aromatic nitrogens is 2. The minimum Gasteiger partial charge on any atom is -0.330 e. The molecule has 1 aromatic heterocycles. The lowest BCUT2D eigenvalue weighted by atomic mass is 9.95. The van der Waals surface area contributed by atoms with Crippen molar-refractivity contribution >= 4 is 33.8 Å². The van der Waals surface area contributed by atoms with Crippen LogP contribution in [0.3, 0.4) is 0 Å². The van der Waals surface area contributed by atoms with E-state index in [1.54, 1.807) is 24.4 Å². The van der Waals surface area contributed by atoms with Gasteiger partial charge in [0.15, 0.2) is 9.84 Å². The van der Waals surface area contributed by atoms with Gasteiger partial charge in [0.1, 0.15) is 0 Å². The molecule has 0 saturated heterocycles. The molecule has 1 aliphatic carbocycles. The lowest BCUT2D eigenvalue weighted by Gasteiger charge is -2.16. The number of carbonyl (C=O) groups excluding carboxylic acids is 1. The van der Waals surface area contributed by atoms with Gasteiger partial charge in [-0.05, 0) is 37.4 Å². The Hall–Kier alpha value is -1.90. The number of hydrogen-bond acceptors (Lipinski definition) is 5. The second kappa shape index (κ2) is 8.20. The first-order valence-electron chi connectivity index (χ1n) is 8.25. The lowest BCUT2D eigenvalue weighted by molar-refractivity contribution is -0.120. The van der Waals surface area contributed by atoms with Crippen LogP contribution in [0.5, 0.6) is 0 Å². The van der Waals surface area contributed by atoms with E-state index in [0.717, 1.165) is 25.5 Å². The fourth-order valence-electron chi connectivity index (χ4n) is 3.38. The highest BCUT2D eigenvalue weighted by atomic mass is 35.5. The lowest BCUT2D eigenvalue weighted by Crippen LogP contribution is -2.29. The average molecular weight is 399 g/mol. The van der Waals surface area contributed by atoms with Crippen molar-refractivity contribution in [2.75, 3.05) is 18.1 Å². The Morgan fingerprint density at radius 3 is 2.77 bits per heavy atom. The van der Waals surface area contributed by atoms with Crippen LogP contribution in [0.4, 0.5) is 5.69 Å². The molecule has 0 unspecified atom stereocenters. The highest BCUT2D eigenvalue weighted by molar-refractivity contribution is 7.90. The van der Waals surface area contributed by atoms with Gasteiger partial charge in [-0.1, -0.05) is 18.6 Å². The van der Waals surface area contributed by atoms with E-state index in [1.807, 2.05) is 0 Å². The van der Waals surface area contributed by atoms with Crippen molar-refractivity contribution in [3.63, 3.8) is 0 Å². The zero-order valence-electron chi connectivity index (χ0n) is 14.5. The smallest absolute Gasteiger partial charge is 0.227 e. The van der Waals surface area contributed by atoms with Gasteiger partial charge in [0, 0.05) is 12.2 Å². The summed E-state index contributed by atoms with van der Waals surface area (Å²) in [6, 6.07) is 6.62. The van der Waals surface area contributed by atoms with E-state index >= 15 is 0 Å². The van der Waals surface area contributed by atoms with Crippen LogP contribution in [-0.2, 0) is 14.6 Å². The normalized spacial score (nSPS) is 19.8. The number of anilines is 1. The van der Waals surface area contributed by atoms with Crippen LogP contribution in [0.2, 0.25) is 0 Å². The summed E-state index contributed by atoms with van der Waals surface area (Å²) in [5.41, 5.74) is 6.73. The van der Waals surface area contributed by atoms with Crippen LogP contribution in [0.1, 0.15) is 19.3 Å². The number of sulfone groups is 1. The van der Waals surface area contributed by atoms with E-state index in [9.17, 15) is 13.2 Å². The molecule has 1 saturated carbocycles. The Labute approximate surface area is 159 Å². The molecule has 1 fully saturated rings. The number of rotatable bonds is 5. The number of nitrogens with one attached hydrogen (secondary N) is 1. The molecule has 1 aromatic carbocycles. The summed E-state index contributed by atoms with van der Waals surface area (Å²) in [5.74, 6) is 0.0987. The zero-order valence-corrected chi connectivity index (χ0v) is 16.1. The molecule has 7 nitrogen and oxygen atoms in total. The third-order valence-corrected chi connectivity index (χ3v) is 5.80. The van der Waals surface area contributed by atoms with Crippen LogP contribution < -0.4 is 11.1 Å². The van der Waals surface area contributed by atoms with E-state index in [-0.39, 0.29) is 35.0 Å². The van der Waals surface area contributed by atoms with Crippen LogP contribution in [0.25, 0.3) is 5.69 Å². The van der Waals surface area contributed by atoms with Crippen molar-refractivity contribution in [3.8, 4) is 5.69 Å². The number of nitrogens with two attached hydrogens (primary N) is 1. The first-order chi connectivity index (χ1) is 11.9. The topological polar surface area (TPSA) is 107 Å². The molecule has 0 spiro atoms. The third kappa shape index (κ3) is 4.25. The van der Waals surface area contributed by atoms with Gasteiger partial charge in [0.05, 0.1) is 28.7 Å². The van der Waals surface area contributed by atoms with Gasteiger partial charge >= 0.3 is 0 Å². The quantitative estimate of drug-likeness (QED) is 0.801. The molecule has 9 heteroatoms. The number of nitrogens with zero attached hydrogens (tertiary/aromatic N) is 2. The summed E-state index contributed by atoms with van der Waals surface area (Å²) in [7, 11) is -3.38. The number of amides is 1. The number of halogens is 1. The Morgan fingerprint density at radius 2 is 2.08 bits per heavy atom. The molecular formula is C17H23ClN4O3S. The fraction of sp³-hybridized carbons (Fsp3) is 0.412. The van der Waals surface area contributed by atoms with Gasteiger partial charge in [0.25, 0.3) is 0 Å². The highest BCUT2D eigenvalue weighted by Crippen LogP contribution is 2.32. The van der Waals surface area contributed by atoms with Crippen LogP contribution in [0.15, 0.2) is 41.6 Å². The molecular weight excluding hydrogens is 376 g/mol. The molecule has 3 N–H and O–H groups in total. The Kier molecular flexibility index (Phi) is 6.44. The van der Waals surface area contributed by atoms with Crippen molar-refractivity contribution in [2.45, 2.75) is 24.2 Å². The summed E-state index contributed by atoms with van der Waals surface area (Å²) < 4.78 is 25.3. The zero-order chi connectivity index (χ0) is 18.0. The van der Waals surface area contributed by atoms with Gasteiger partial charge in [-0.25, -0.2) is 13.1 Å². The van der Waals surface area contributed by atoms with Crippen LogP contribution in [0, 0.1) is 11.8 Å². The largest absolute Gasteiger partial charge is 0.330 e. The highest BCUT2D eigenvalue weighted by Gasteiger charge is 2.32. The van der Waals surface area contributed by atoms with E-state index in [4.69, 9.17) is 5.73 Å². The molecule has 26 heavy (non-hydrogen) atoms. The van der Waals surface area contributed by atoms with Gasteiger partial charge in [-0.3, -0.25) is 4.79 Å². The van der Waals surface area contributed by atoms with Gasteiger partial charge in [-0.15, -0.1) is 12.4 Å². The molecule has 0 bridgehead atoms. The number of hydrogen-bond donors (Lipinski definition) is 2. The van der Waals surface area contributed by atoms with Crippen molar-refractivity contribution < 1.29 is 13.2 Å². The Balaban J connectivity index is 0.00000243. The molecule has 2 atom stereocenters. The Morgan fingerprint density at radius 1 is 1.35 bits per heavy atom. The van der Waals surface area contributed by atoms with Gasteiger partial charge in [-0.2, -0.15) is 5.10 Å². The van der Waals surface area contributed by atoms with Crippen LogP contribution in [-0.4, -0.2) is 36.9 Å². The summed E-state index contributed by atoms with van der Waals surface area (Å²) in [6.45, 7) is 0.513. The minimum atomic E-state index is -3.38. The summed E-state index contributed by atoms with van der Waals surface area (Å²) in [5, 5.41) is 7.06. The van der Waals surface area contributed by atoms with E-state index in [2.05, 4.69) is 10.4 Å². The second-order valence-electron chi connectivity index (χ2n) is 6.44. The van der Waals surface area contributed by atoms with E-state index < -0.39 is 9.84 Å². The first kappa shape index (κ1) is 20.4. The summed E-state index contributed by atoms with van der Waals surface area (Å²) in [6.07, 6.45) is 7.14. The maximum absolute atomic E-state index is 12.5. The van der Waals surface area contributed by atoms with Crippen LogP contribution >= 0.6 is 12.4 Å². The Bertz CT molecular complexity index is 882. The van der Waals surface area contributed by atoms with E-state index in [1.165, 1.54) is 16.9 Å². The van der Waals surface area contributed by atoms with Gasteiger partial charge in [0.2, 0.25) is 5.91 Å². The SMILES string of the molecule is CS(=O)(=O)c1ccccc1-n1cc(NC(=O)[C@@H]2CCC[C@@H]2CN)cn1.Cl. The molecule has 1 amide bonds. The molecule has 3 rings (SSSR count). The maximum Gasteiger partial charge on any atom is 0.227 e. The van der Waals surface area contributed by atoms with Crippen molar-refractivity contribution in [1.82, 2.24) is 9.78 Å². The number of para-hydroxylation sites is 1.